The third kappa shape index (κ3) is 4.31. The Morgan fingerprint density at radius 1 is 1.30 bits per heavy atom. The van der Waals surface area contributed by atoms with Crippen molar-refractivity contribution >= 4 is 11.6 Å². The zero-order valence-electron chi connectivity index (χ0n) is 12.2. The minimum absolute atomic E-state index is 0.248. The van der Waals surface area contributed by atoms with Crippen LogP contribution in [-0.4, -0.2) is 45.5 Å². The fraction of sp³-hybridized carbons (Fsp3) is 0.714. The molecule has 1 heterocycles. The van der Waals surface area contributed by atoms with E-state index < -0.39 is 5.60 Å². The Hall–Kier alpha value is -1.40. The second kappa shape index (κ2) is 6.37. The number of aromatic nitrogens is 2. The van der Waals surface area contributed by atoms with Gasteiger partial charge in [-0.3, -0.25) is 0 Å². The molecule has 1 aliphatic carbocycles. The van der Waals surface area contributed by atoms with Gasteiger partial charge in [-0.15, -0.1) is 0 Å². The Bertz CT molecular complexity index is 447. The maximum absolute atomic E-state index is 9.81. The van der Waals surface area contributed by atoms with Crippen molar-refractivity contribution in [2.75, 3.05) is 30.3 Å². The minimum Gasteiger partial charge on any atom is -0.393 e. The second-order valence-corrected chi connectivity index (χ2v) is 5.71. The first-order valence-electron chi connectivity index (χ1n) is 7.24. The first-order valence-corrected chi connectivity index (χ1v) is 7.24. The minimum atomic E-state index is -1.15. The van der Waals surface area contributed by atoms with Gasteiger partial charge < -0.3 is 20.8 Å². The highest BCUT2D eigenvalue weighted by atomic mass is 16.3. The Morgan fingerprint density at radius 3 is 2.50 bits per heavy atom. The van der Waals surface area contributed by atoms with Crippen molar-refractivity contribution in [3.63, 3.8) is 0 Å². The largest absolute Gasteiger partial charge is 0.393 e. The van der Waals surface area contributed by atoms with Crippen molar-refractivity contribution in [1.82, 2.24) is 9.97 Å². The molecule has 6 nitrogen and oxygen atoms in total. The number of hydrogen-bond donors (Lipinski definition) is 4. The standard InChI is InChI=1S/C14H24N4O2/c1-3-6-15-11-7-12(16-8-14(2,20)9-19)18-13(17-11)10-4-5-10/h7,10,19-20H,3-6,8-9H2,1-2H3,(H2,15,16,17,18). The van der Waals surface area contributed by atoms with Gasteiger partial charge in [0.15, 0.2) is 0 Å². The lowest BCUT2D eigenvalue weighted by atomic mass is 10.1. The monoisotopic (exact) mass is 280 g/mol. The van der Waals surface area contributed by atoms with Crippen LogP contribution in [-0.2, 0) is 0 Å². The highest BCUT2D eigenvalue weighted by molar-refractivity contribution is 5.48. The van der Waals surface area contributed by atoms with Crippen molar-refractivity contribution in [2.45, 2.75) is 44.6 Å². The van der Waals surface area contributed by atoms with E-state index in [1.165, 1.54) is 0 Å². The van der Waals surface area contributed by atoms with Gasteiger partial charge in [0, 0.05) is 25.1 Å². The van der Waals surface area contributed by atoms with Crippen LogP contribution >= 0.6 is 0 Å². The van der Waals surface area contributed by atoms with Crippen molar-refractivity contribution < 1.29 is 10.2 Å². The van der Waals surface area contributed by atoms with Gasteiger partial charge in [-0.05, 0) is 26.2 Å². The summed E-state index contributed by atoms with van der Waals surface area (Å²) in [6.07, 6.45) is 3.32. The molecule has 0 spiro atoms. The third-order valence-electron chi connectivity index (χ3n) is 3.23. The van der Waals surface area contributed by atoms with Gasteiger partial charge in [-0.1, -0.05) is 6.92 Å². The van der Waals surface area contributed by atoms with Crippen LogP contribution in [0.5, 0.6) is 0 Å². The molecule has 0 aromatic carbocycles. The molecule has 1 saturated carbocycles. The maximum atomic E-state index is 9.81. The molecule has 1 aliphatic rings. The molecule has 6 heteroatoms. The molecule has 4 N–H and O–H groups in total. The molecule has 1 aromatic heterocycles. The summed E-state index contributed by atoms with van der Waals surface area (Å²) in [4.78, 5) is 9.01. The van der Waals surface area contributed by atoms with Crippen molar-refractivity contribution in [1.29, 1.82) is 0 Å². The smallest absolute Gasteiger partial charge is 0.136 e. The van der Waals surface area contributed by atoms with E-state index in [0.717, 1.165) is 37.4 Å². The summed E-state index contributed by atoms with van der Waals surface area (Å²) >= 11 is 0. The predicted molar refractivity (Wildman–Crippen MR) is 79.0 cm³/mol. The molecule has 0 amide bonds. The molecule has 0 radical (unpaired) electrons. The molecule has 0 bridgehead atoms. The molecular weight excluding hydrogens is 256 g/mol. The lowest BCUT2D eigenvalue weighted by molar-refractivity contribution is 0.0131. The molecule has 0 saturated heterocycles. The summed E-state index contributed by atoms with van der Waals surface area (Å²) in [7, 11) is 0. The molecule has 2 rings (SSSR count). The summed E-state index contributed by atoms with van der Waals surface area (Å²) in [6, 6.07) is 1.84. The SMILES string of the molecule is CCCNc1cc(NCC(C)(O)CO)nc(C2CC2)n1. The summed E-state index contributed by atoms with van der Waals surface area (Å²) in [6.45, 7) is 4.51. The van der Waals surface area contributed by atoms with Crippen LogP contribution in [0.25, 0.3) is 0 Å². The van der Waals surface area contributed by atoms with Crippen LogP contribution in [0.4, 0.5) is 11.6 Å². The molecule has 112 valence electrons. The molecule has 1 fully saturated rings. The number of anilines is 2. The average Bonchev–Trinajstić information content (AvgIpc) is 3.27. The second-order valence-electron chi connectivity index (χ2n) is 5.71. The fourth-order valence-corrected chi connectivity index (χ4v) is 1.76. The zero-order chi connectivity index (χ0) is 14.6. The number of nitrogens with one attached hydrogen (secondary N) is 2. The molecule has 1 aromatic rings. The van der Waals surface area contributed by atoms with Crippen LogP contribution in [0, 0.1) is 0 Å². The first kappa shape index (κ1) is 15.0. The highest BCUT2D eigenvalue weighted by Crippen LogP contribution is 2.38. The molecule has 20 heavy (non-hydrogen) atoms. The van der Waals surface area contributed by atoms with Crippen LogP contribution < -0.4 is 10.6 Å². The number of aliphatic hydroxyl groups excluding tert-OH is 1. The van der Waals surface area contributed by atoms with E-state index in [2.05, 4.69) is 27.5 Å². The van der Waals surface area contributed by atoms with E-state index in [9.17, 15) is 5.11 Å². The van der Waals surface area contributed by atoms with Gasteiger partial charge in [0.25, 0.3) is 0 Å². The predicted octanol–water partition coefficient (Wildman–Crippen LogP) is 1.33. The van der Waals surface area contributed by atoms with Crippen LogP contribution in [0.15, 0.2) is 6.07 Å². The quantitative estimate of drug-likeness (QED) is 0.574. The fourth-order valence-electron chi connectivity index (χ4n) is 1.76. The van der Waals surface area contributed by atoms with Gasteiger partial charge in [-0.2, -0.15) is 0 Å². The van der Waals surface area contributed by atoms with Crippen molar-refractivity contribution in [3.05, 3.63) is 11.9 Å². The summed E-state index contributed by atoms with van der Waals surface area (Å²) in [5.74, 6) is 2.83. The summed E-state index contributed by atoms with van der Waals surface area (Å²) in [5, 5.41) is 25.2. The van der Waals surface area contributed by atoms with Gasteiger partial charge in [0.1, 0.15) is 23.1 Å². The molecule has 0 aliphatic heterocycles. The van der Waals surface area contributed by atoms with Gasteiger partial charge >= 0.3 is 0 Å². The Labute approximate surface area is 119 Å². The Morgan fingerprint density at radius 2 is 1.95 bits per heavy atom. The number of rotatable bonds is 8. The number of hydrogen-bond acceptors (Lipinski definition) is 6. The van der Waals surface area contributed by atoms with E-state index in [0.29, 0.717) is 11.7 Å². The average molecular weight is 280 g/mol. The van der Waals surface area contributed by atoms with E-state index in [4.69, 9.17) is 5.11 Å². The van der Waals surface area contributed by atoms with Crippen molar-refractivity contribution in [3.8, 4) is 0 Å². The van der Waals surface area contributed by atoms with E-state index >= 15 is 0 Å². The Balaban J connectivity index is 2.08. The van der Waals surface area contributed by atoms with Crippen LogP contribution in [0.1, 0.15) is 44.9 Å². The van der Waals surface area contributed by atoms with Gasteiger partial charge in [0.2, 0.25) is 0 Å². The normalized spacial score (nSPS) is 17.6. The van der Waals surface area contributed by atoms with Crippen molar-refractivity contribution in [2.24, 2.45) is 0 Å². The lowest BCUT2D eigenvalue weighted by Crippen LogP contribution is -2.37. The van der Waals surface area contributed by atoms with Crippen LogP contribution in [0.2, 0.25) is 0 Å². The highest BCUT2D eigenvalue weighted by Gasteiger charge is 2.27. The number of nitrogens with zero attached hydrogens (tertiary/aromatic N) is 2. The molecular formula is C14H24N4O2. The van der Waals surface area contributed by atoms with Crippen LogP contribution in [0.3, 0.4) is 0 Å². The van der Waals surface area contributed by atoms with E-state index in [1.807, 2.05) is 6.07 Å². The van der Waals surface area contributed by atoms with Gasteiger partial charge in [-0.25, -0.2) is 9.97 Å². The number of aliphatic hydroxyl groups is 2. The van der Waals surface area contributed by atoms with Gasteiger partial charge in [0.05, 0.1) is 6.61 Å². The first-order chi connectivity index (χ1) is 9.54. The summed E-state index contributed by atoms with van der Waals surface area (Å²) < 4.78 is 0. The maximum Gasteiger partial charge on any atom is 0.136 e. The summed E-state index contributed by atoms with van der Waals surface area (Å²) in [5.41, 5.74) is -1.15. The molecule has 1 atom stereocenters. The lowest BCUT2D eigenvalue weighted by Gasteiger charge is -2.21. The Kier molecular flexibility index (Phi) is 4.77. The third-order valence-corrected chi connectivity index (χ3v) is 3.23. The molecule has 1 unspecified atom stereocenters. The van der Waals surface area contributed by atoms with E-state index in [-0.39, 0.29) is 13.2 Å². The van der Waals surface area contributed by atoms with E-state index in [1.54, 1.807) is 6.92 Å². The topological polar surface area (TPSA) is 90.3 Å². The zero-order valence-corrected chi connectivity index (χ0v) is 12.2.